The molecule has 2 rings (SSSR count). The average molecular weight is 282 g/mol. The Kier molecular flexibility index (Phi) is 5.03. The Morgan fingerprint density at radius 1 is 1.00 bits per heavy atom. The van der Waals surface area contributed by atoms with Gasteiger partial charge in [-0.1, -0.05) is 42.0 Å². The van der Waals surface area contributed by atoms with Crippen LogP contribution in [0.2, 0.25) is 0 Å². The van der Waals surface area contributed by atoms with Crippen molar-refractivity contribution in [3.8, 4) is 0 Å². The molecule has 0 radical (unpaired) electrons. The van der Waals surface area contributed by atoms with Gasteiger partial charge in [0.25, 0.3) is 0 Å². The van der Waals surface area contributed by atoms with Gasteiger partial charge in [-0.15, -0.1) is 0 Å². The number of anilines is 1. The first-order chi connectivity index (χ1) is 10.0. The summed E-state index contributed by atoms with van der Waals surface area (Å²) in [5.41, 5.74) is 11.4. The number of rotatable bonds is 5. The quantitative estimate of drug-likeness (QED) is 0.889. The van der Waals surface area contributed by atoms with Crippen LogP contribution in [0.1, 0.15) is 36.6 Å². The smallest absolute Gasteiger partial charge is 0.0690 e. The summed E-state index contributed by atoms with van der Waals surface area (Å²) in [5, 5.41) is 0. The van der Waals surface area contributed by atoms with Gasteiger partial charge in [-0.25, -0.2) is 0 Å². The van der Waals surface area contributed by atoms with E-state index < -0.39 is 0 Å². The molecule has 2 nitrogen and oxygen atoms in total. The Morgan fingerprint density at radius 3 is 2.19 bits per heavy atom. The van der Waals surface area contributed by atoms with Gasteiger partial charge in [0.1, 0.15) is 0 Å². The second-order valence-electron chi connectivity index (χ2n) is 5.84. The lowest BCUT2D eigenvalue weighted by Crippen LogP contribution is -2.39. The third kappa shape index (κ3) is 3.64. The lowest BCUT2D eigenvalue weighted by Gasteiger charge is -2.36. The summed E-state index contributed by atoms with van der Waals surface area (Å²) in [4.78, 5) is 2.39. The Labute approximate surface area is 128 Å². The van der Waals surface area contributed by atoms with Crippen LogP contribution in [0.25, 0.3) is 0 Å². The van der Waals surface area contributed by atoms with E-state index in [1.165, 1.54) is 22.4 Å². The number of hydrogen-bond acceptors (Lipinski definition) is 2. The molecule has 0 saturated heterocycles. The van der Waals surface area contributed by atoms with Gasteiger partial charge in [-0.2, -0.15) is 0 Å². The first kappa shape index (κ1) is 15.6. The van der Waals surface area contributed by atoms with Gasteiger partial charge in [0.15, 0.2) is 0 Å². The zero-order chi connectivity index (χ0) is 15.4. The largest absolute Gasteiger partial charge is 0.363 e. The molecular weight excluding hydrogens is 256 g/mol. The highest BCUT2D eigenvalue weighted by atomic mass is 15.2. The summed E-state index contributed by atoms with van der Waals surface area (Å²) in [7, 11) is 0. The summed E-state index contributed by atoms with van der Waals surface area (Å²) < 4.78 is 0. The van der Waals surface area contributed by atoms with Gasteiger partial charge in [0.2, 0.25) is 0 Å². The zero-order valence-corrected chi connectivity index (χ0v) is 13.5. The Morgan fingerprint density at radius 2 is 1.67 bits per heavy atom. The van der Waals surface area contributed by atoms with Crippen molar-refractivity contribution in [1.82, 2.24) is 0 Å². The van der Waals surface area contributed by atoms with E-state index in [2.05, 4.69) is 81.1 Å². The van der Waals surface area contributed by atoms with Crippen molar-refractivity contribution in [1.29, 1.82) is 0 Å². The SMILES string of the molecule is CCN(c1cccc(C)c1)C(c1ccc(C)cc1)C(C)N. The number of aryl methyl sites for hydroxylation is 2. The molecule has 0 amide bonds. The first-order valence-corrected chi connectivity index (χ1v) is 7.68. The number of nitrogens with two attached hydrogens (primary N) is 1. The maximum absolute atomic E-state index is 6.32. The molecule has 2 aromatic carbocycles. The molecule has 2 unspecified atom stereocenters. The van der Waals surface area contributed by atoms with Crippen molar-refractivity contribution < 1.29 is 0 Å². The fourth-order valence-electron chi connectivity index (χ4n) is 2.88. The van der Waals surface area contributed by atoms with Gasteiger partial charge in [0, 0.05) is 18.3 Å². The van der Waals surface area contributed by atoms with Crippen molar-refractivity contribution in [2.75, 3.05) is 11.4 Å². The highest BCUT2D eigenvalue weighted by Gasteiger charge is 2.23. The van der Waals surface area contributed by atoms with Crippen LogP contribution >= 0.6 is 0 Å². The molecule has 0 aliphatic heterocycles. The van der Waals surface area contributed by atoms with Crippen LogP contribution in [-0.4, -0.2) is 12.6 Å². The number of benzene rings is 2. The van der Waals surface area contributed by atoms with Crippen LogP contribution in [0.4, 0.5) is 5.69 Å². The highest BCUT2D eigenvalue weighted by molar-refractivity contribution is 5.51. The van der Waals surface area contributed by atoms with E-state index in [1.807, 2.05) is 0 Å². The standard InChI is InChI=1S/C19H26N2/c1-5-21(18-8-6-7-15(3)13-18)19(16(4)20)17-11-9-14(2)10-12-17/h6-13,16,19H,5,20H2,1-4H3. The Bertz CT molecular complexity index is 572. The van der Waals surface area contributed by atoms with Crippen LogP contribution in [0.15, 0.2) is 48.5 Å². The van der Waals surface area contributed by atoms with Crippen molar-refractivity contribution in [3.05, 3.63) is 65.2 Å². The molecule has 2 aromatic rings. The molecular formula is C19H26N2. The molecule has 0 aliphatic carbocycles. The Balaban J connectivity index is 2.41. The topological polar surface area (TPSA) is 29.3 Å². The second-order valence-corrected chi connectivity index (χ2v) is 5.84. The van der Waals surface area contributed by atoms with Crippen LogP contribution in [0, 0.1) is 13.8 Å². The lowest BCUT2D eigenvalue weighted by molar-refractivity contribution is 0.537. The molecule has 2 heteroatoms. The maximum Gasteiger partial charge on any atom is 0.0690 e. The predicted molar refractivity (Wildman–Crippen MR) is 91.8 cm³/mol. The van der Waals surface area contributed by atoms with E-state index in [9.17, 15) is 0 Å². The van der Waals surface area contributed by atoms with Gasteiger partial charge >= 0.3 is 0 Å². The van der Waals surface area contributed by atoms with Gasteiger partial charge in [0.05, 0.1) is 6.04 Å². The average Bonchev–Trinajstić information content (AvgIpc) is 2.45. The molecule has 2 atom stereocenters. The monoisotopic (exact) mass is 282 g/mol. The van der Waals surface area contributed by atoms with Crippen molar-refractivity contribution in [3.63, 3.8) is 0 Å². The van der Waals surface area contributed by atoms with Crippen LogP contribution in [0.3, 0.4) is 0 Å². The molecule has 0 aliphatic rings. The number of likely N-dealkylation sites (N-methyl/N-ethyl adjacent to an activating group) is 1. The van der Waals surface area contributed by atoms with Gasteiger partial charge in [-0.05, 0) is 51.0 Å². The lowest BCUT2D eigenvalue weighted by atomic mass is 9.97. The van der Waals surface area contributed by atoms with E-state index in [1.54, 1.807) is 0 Å². The predicted octanol–water partition coefficient (Wildman–Crippen LogP) is 4.22. The van der Waals surface area contributed by atoms with E-state index >= 15 is 0 Å². The molecule has 0 bridgehead atoms. The molecule has 21 heavy (non-hydrogen) atoms. The minimum atomic E-state index is 0.0631. The fourth-order valence-corrected chi connectivity index (χ4v) is 2.88. The molecule has 0 saturated carbocycles. The van der Waals surface area contributed by atoms with Crippen LogP contribution in [0.5, 0.6) is 0 Å². The van der Waals surface area contributed by atoms with E-state index in [4.69, 9.17) is 5.73 Å². The third-order valence-electron chi connectivity index (χ3n) is 3.93. The molecule has 0 spiro atoms. The number of nitrogens with zero attached hydrogens (tertiary/aromatic N) is 1. The van der Waals surface area contributed by atoms with E-state index in [0.717, 1.165) is 6.54 Å². The summed E-state index contributed by atoms with van der Waals surface area (Å²) >= 11 is 0. The minimum Gasteiger partial charge on any atom is -0.363 e. The van der Waals surface area contributed by atoms with E-state index in [0.29, 0.717) is 0 Å². The summed E-state index contributed by atoms with van der Waals surface area (Å²) in [5.74, 6) is 0. The maximum atomic E-state index is 6.32. The van der Waals surface area contributed by atoms with Crippen LogP contribution in [-0.2, 0) is 0 Å². The fraction of sp³-hybridized carbons (Fsp3) is 0.368. The zero-order valence-electron chi connectivity index (χ0n) is 13.5. The van der Waals surface area contributed by atoms with Crippen molar-refractivity contribution >= 4 is 5.69 Å². The first-order valence-electron chi connectivity index (χ1n) is 7.68. The summed E-state index contributed by atoms with van der Waals surface area (Å²) in [6.07, 6.45) is 0. The normalized spacial score (nSPS) is 13.8. The second kappa shape index (κ2) is 6.77. The van der Waals surface area contributed by atoms with Crippen molar-refractivity contribution in [2.45, 2.75) is 39.8 Å². The van der Waals surface area contributed by atoms with Gasteiger partial charge < -0.3 is 10.6 Å². The summed E-state index contributed by atoms with van der Waals surface area (Å²) in [6.45, 7) is 9.45. The van der Waals surface area contributed by atoms with Crippen molar-refractivity contribution in [2.24, 2.45) is 5.73 Å². The number of hydrogen-bond donors (Lipinski definition) is 1. The Hall–Kier alpha value is -1.80. The molecule has 2 N–H and O–H groups in total. The molecule has 0 fully saturated rings. The minimum absolute atomic E-state index is 0.0631. The summed E-state index contributed by atoms with van der Waals surface area (Å²) in [6, 6.07) is 17.6. The van der Waals surface area contributed by atoms with E-state index in [-0.39, 0.29) is 12.1 Å². The van der Waals surface area contributed by atoms with Crippen LogP contribution < -0.4 is 10.6 Å². The third-order valence-corrected chi connectivity index (χ3v) is 3.93. The molecule has 112 valence electrons. The highest BCUT2D eigenvalue weighted by Crippen LogP contribution is 2.29. The van der Waals surface area contributed by atoms with Gasteiger partial charge in [-0.3, -0.25) is 0 Å². The molecule has 0 aromatic heterocycles. The molecule has 0 heterocycles.